The quantitative estimate of drug-likeness (QED) is 0.152. The van der Waals surface area contributed by atoms with Gasteiger partial charge in [0.05, 0.1) is 29.5 Å². The number of aliphatic imine (C=N–C) groups is 1. The molecule has 3 aromatic heterocycles. The minimum absolute atomic E-state index is 0.0234. The van der Waals surface area contributed by atoms with Crippen LogP contribution in [0, 0.1) is 21.4 Å². The van der Waals surface area contributed by atoms with Gasteiger partial charge in [0.25, 0.3) is 11.6 Å². The van der Waals surface area contributed by atoms with Crippen LogP contribution < -0.4 is 5.32 Å². The molecule has 0 bridgehead atoms. The third-order valence-electron chi connectivity index (χ3n) is 7.00. The lowest BCUT2D eigenvalue weighted by Crippen LogP contribution is -2.28. The molecule has 0 saturated heterocycles. The number of amides is 1. The van der Waals surface area contributed by atoms with Crippen LogP contribution in [0.4, 0.5) is 10.7 Å². The summed E-state index contributed by atoms with van der Waals surface area (Å²) in [5.41, 5.74) is 2.66. The van der Waals surface area contributed by atoms with Gasteiger partial charge in [-0.1, -0.05) is 20.8 Å². The Hall–Kier alpha value is -3.98. The molecule has 4 aromatic rings. The minimum atomic E-state index is -0.434. The fraction of sp³-hybridized carbons (Fsp3) is 0.310. The van der Waals surface area contributed by atoms with Crippen LogP contribution in [0.1, 0.15) is 59.5 Å². The van der Waals surface area contributed by atoms with Gasteiger partial charge in [-0.25, -0.2) is 4.99 Å². The third-order valence-corrected chi connectivity index (χ3v) is 8.16. The molecule has 3 heterocycles. The summed E-state index contributed by atoms with van der Waals surface area (Å²) in [4.78, 5) is 29.8. The van der Waals surface area contributed by atoms with Gasteiger partial charge in [-0.3, -0.25) is 14.9 Å². The van der Waals surface area contributed by atoms with Crippen molar-refractivity contribution in [3.05, 3.63) is 92.4 Å². The van der Waals surface area contributed by atoms with Crippen LogP contribution in [0.25, 0.3) is 11.3 Å². The molecule has 9 heteroatoms. The summed E-state index contributed by atoms with van der Waals surface area (Å²) in [5.74, 6) is 2.18. The summed E-state index contributed by atoms with van der Waals surface area (Å²) >= 11 is 1.57. The van der Waals surface area contributed by atoms with E-state index in [1.165, 1.54) is 17.0 Å². The van der Waals surface area contributed by atoms with E-state index in [2.05, 4.69) is 26.1 Å². The van der Waals surface area contributed by atoms with Gasteiger partial charge in [0, 0.05) is 22.6 Å². The van der Waals surface area contributed by atoms with Crippen LogP contribution in [0.5, 0.6) is 0 Å². The second kappa shape index (κ2) is 10.4. The number of nitrogens with one attached hydrogen (secondary N) is 1. The first-order chi connectivity index (χ1) is 18.2. The molecule has 196 valence electrons. The number of benzene rings is 1. The molecule has 5 rings (SSSR count). The first-order valence-electron chi connectivity index (χ1n) is 12.5. The third kappa shape index (κ3) is 5.47. The smallest absolute Gasteiger partial charge is 0.269 e. The molecule has 0 aliphatic heterocycles. The predicted octanol–water partition coefficient (Wildman–Crippen LogP) is 7.34. The lowest BCUT2D eigenvalue weighted by atomic mass is 9.72. The molecule has 38 heavy (non-hydrogen) atoms. The van der Waals surface area contributed by atoms with E-state index in [9.17, 15) is 14.9 Å². The maximum absolute atomic E-state index is 13.4. The zero-order valence-electron chi connectivity index (χ0n) is 21.5. The summed E-state index contributed by atoms with van der Waals surface area (Å²) in [7, 11) is 0. The van der Waals surface area contributed by atoms with Crippen molar-refractivity contribution >= 4 is 34.1 Å². The van der Waals surface area contributed by atoms with Crippen LogP contribution in [-0.4, -0.2) is 17.0 Å². The summed E-state index contributed by atoms with van der Waals surface area (Å²) in [5, 5.41) is 14.6. The van der Waals surface area contributed by atoms with Crippen LogP contribution in [0.2, 0.25) is 0 Å². The Balaban J connectivity index is 1.41. The number of rotatable bonds is 7. The summed E-state index contributed by atoms with van der Waals surface area (Å²) < 4.78 is 11.3. The van der Waals surface area contributed by atoms with E-state index in [0.29, 0.717) is 40.3 Å². The number of non-ortho nitro benzene ring substituents is 1. The number of nitro benzene ring substituents is 1. The molecule has 1 atom stereocenters. The molecule has 0 radical (unpaired) electrons. The van der Waals surface area contributed by atoms with Gasteiger partial charge >= 0.3 is 0 Å². The zero-order chi connectivity index (χ0) is 26.9. The lowest BCUT2D eigenvalue weighted by molar-refractivity contribution is -0.384. The van der Waals surface area contributed by atoms with Gasteiger partial charge in [0.2, 0.25) is 0 Å². The van der Waals surface area contributed by atoms with Gasteiger partial charge in [-0.2, -0.15) is 0 Å². The van der Waals surface area contributed by atoms with Crippen LogP contribution >= 0.6 is 11.3 Å². The van der Waals surface area contributed by atoms with Gasteiger partial charge in [-0.15, -0.1) is 11.3 Å². The van der Waals surface area contributed by atoms with Gasteiger partial charge in [0.1, 0.15) is 22.3 Å². The molecule has 1 N–H and O–H groups in total. The average molecular weight is 532 g/mol. The van der Waals surface area contributed by atoms with E-state index in [4.69, 9.17) is 13.8 Å². The molecular weight excluding hydrogens is 502 g/mol. The maximum Gasteiger partial charge on any atom is 0.269 e. The average Bonchev–Trinajstić information content (AvgIpc) is 3.65. The number of nitro groups is 1. The fourth-order valence-electron chi connectivity index (χ4n) is 4.75. The number of nitrogens with zero attached hydrogens (tertiary/aromatic N) is 2. The van der Waals surface area contributed by atoms with Gasteiger partial charge in [0.15, 0.2) is 0 Å². The number of furan rings is 2. The number of carbonyl (C=O) groups excluding carboxylic acids is 1. The Morgan fingerprint density at radius 3 is 2.68 bits per heavy atom. The highest BCUT2D eigenvalue weighted by atomic mass is 32.1. The summed E-state index contributed by atoms with van der Waals surface area (Å²) in [6, 6.07) is 13.4. The second-order valence-corrected chi connectivity index (χ2v) is 11.6. The van der Waals surface area contributed by atoms with Crippen molar-refractivity contribution in [2.24, 2.45) is 16.3 Å². The van der Waals surface area contributed by atoms with E-state index in [1.54, 1.807) is 54.1 Å². The highest BCUT2D eigenvalue weighted by molar-refractivity contribution is 7.16. The Kier molecular flexibility index (Phi) is 7.03. The predicted molar refractivity (Wildman–Crippen MR) is 147 cm³/mol. The lowest BCUT2D eigenvalue weighted by Gasteiger charge is -2.33. The molecule has 1 amide bonds. The SMILES string of the molecule is CC(C)(C)[C@H]1CCc2c(sc(N=Cc3ccc(-c4ccc([N+](=O)[O-])cc4)o3)c2C(=O)NCc2ccco2)C1. The Bertz CT molecular complexity index is 1470. The van der Waals surface area contributed by atoms with Crippen molar-refractivity contribution in [2.45, 2.75) is 46.6 Å². The standard InChI is InChI=1S/C29H29N3O5S/c1-29(2,3)19-8-12-23-25(15-19)38-28(26(23)27(33)30-16-21-5-4-14-36-21)31-17-22-11-13-24(37-22)18-6-9-20(10-7-18)32(34)35/h4-7,9-11,13-14,17,19H,8,12,15-16H2,1-3H3,(H,30,33)/t19-/m0/s1. The molecule has 8 nitrogen and oxygen atoms in total. The van der Waals surface area contributed by atoms with Gasteiger partial charge < -0.3 is 14.2 Å². The molecule has 1 aliphatic carbocycles. The van der Waals surface area contributed by atoms with E-state index < -0.39 is 4.92 Å². The molecule has 0 spiro atoms. The number of carbonyl (C=O) groups is 1. The zero-order valence-corrected chi connectivity index (χ0v) is 22.3. The van der Waals surface area contributed by atoms with Crippen molar-refractivity contribution < 1.29 is 18.6 Å². The van der Waals surface area contributed by atoms with Crippen molar-refractivity contribution in [2.75, 3.05) is 0 Å². The van der Waals surface area contributed by atoms with Crippen LogP contribution in [0.3, 0.4) is 0 Å². The normalized spacial score (nSPS) is 15.5. The highest BCUT2D eigenvalue weighted by Crippen LogP contribution is 2.45. The topological polar surface area (TPSA) is 111 Å². The van der Waals surface area contributed by atoms with Gasteiger partial charge in [-0.05, 0) is 72.6 Å². The molecule has 1 aliphatic rings. The molecule has 0 saturated carbocycles. The minimum Gasteiger partial charge on any atom is -0.467 e. The fourth-order valence-corrected chi connectivity index (χ4v) is 6.02. The van der Waals surface area contributed by atoms with E-state index in [1.807, 2.05) is 6.07 Å². The Labute approximate surface area is 224 Å². The Morgan fingerprint density at radius 2 is 2.00 bits per heavy atom. The van der Waals surface area contributed by atoms with Crippen molar-refractivity contribution in [1.29, 1.82) is 0 Å². The molecule has 1 aromatic carbocycles. The largest absolute Gasteiger partial charge is 0.467 e. The van der Waals surface area contributed by atoms with Crippen LogP contribution in [-0.2, 0) is 19.4 Å². The summed E-state index contributed by atoms with van der Waals surface area (Å²) in [6.45, 7) is 7.12. The second-order valence-electron chi connectivity index (χ2n) is 10.5. The maximum atomic E-state index is 13.4. The van der Waals surface area contributed by atoms with Crippen molar-refractivity contribution in [3.8, 4) is 11.3 Å². The van der Waals surface area contributed by atoms with Crippen LogP contribution in [0.15, 0.2) is 68.6 Å². The number of thiophene rings is 1. The van der Waals surface area contributed by atoms with Crippen molar-refractivity contribution in [1.82, 2.24) is 5.32 Å². The highest BCUT2D eigenvalue weighted by Gasteiger charge is 2.33. The molecule has 0 unspecified atom stereocenters. The monoisotopic (exact) mass is 531 g/mol. The molecular formula is C29H29N3O5S. The first-order valence-corrected chi connectivity index (χ1v) is 13.3. The number of hydrogen-bond acceptors (Lipinski definition) is 7. The van der Waals surface area contributed by atoms with E-state index in [0.717, 1.165) is 30.4 Å². The first kappa shape index (κ1) is 25.7. The Morgan fingerprint density at radius 1 is 1.21 bits per heavy atom. The molecule has 0 fully saturated rings. The van der Waals surface area contributed by atoms with E-state index >= 15 is 0 Å². The van der Waals surface area contributed by atoms with E-state index in [-0.39, 0.29) is 17.0 Å². The summed E-state index contributed by atoms with van der Waals surface area (Å²) in [6.07, 6.45) is 6.02. The number of hydrogen-bond donors (Lipinski definition) is 1. The number of fused-ring (bicyclic) bond motifs is 1. The van der Waals surface area contributed by atoms with Crippen molar-refractivity contribution in [3.63, 3.8) is 0 Å².